The van der Waals surface area contributed by atoms with Gasteiger partial charge >= 0.3 is 0 Å². The molecule has 1 heterocycles. The predicted molar refractivity (Wildman–Crippen MR) is 69.8 cm³/mol. The molecule has 0 amide bonds. The van der Waals surface area contributed by atoms with Gasteiger partial charge in [-0.05, 0) is 24.3 Å². The molecular weight excluding hydrogens is 248 g/mol. The summed E-state index contributed by atoms with van der Waals surface area (Å²) in [4.78, 5) is 7.01. The third-order valence-corrected chi connectivity index (χ3v) is 2.83. The first-order chi connectivity index (χ1) is 9.24. The van der Waals surface area contributed by atoms with Crippen molar-refractivity contribution in [2.75, 3.05) is 5.32 Å². The van der Waals surface area contributed by atoms with Gasteiger partial charge < -0.3 is 10.3 Å². The van der Waals surface area contributed by atoms with E-state index in [1.807, 2.05) is 30.3 Å². The molecule has 3 nitrogen and oxygen atoms in total. The number of hydrogen-bond acceptors (Lipinski definition) is 2. The number of hydrogen-bond donors (Lipinski definition) is 2. The van der Waals surface area contributed by atoms with Gasteiger partial charge in [0.2, 0.25) is 0 Å². The van der Waals surface area contributed by atoms with Crippen LogP contribution in [0.2, 0.25) is 0 Å². The standard InChI is InChI=1S/C14H11F2N3/c15-10-6-7-11-14(13(10)16)19-12(18-11)8-17-9-4-2-1-3-5-9/h1-7,17H,8H2,(H,18,19). The quantitative estimate of drug-likeness (QED) is 0.756. The normalized spacial score (nSPS) is 10.8. The zero-order valence-corrected chi connectivity index (χ0v) is 9.95. The Kier molecular flexibility index (Phi) is 2.87. The molecule has 5 heteroatoms. The highest BCUT2D eigenvalue weighted by atomic mass is 19.2. The number of para-hydroxylation sites is 1. The Hall–Kier alpha value is -2.43. The van der Waals surface area contributed by atoms with Gasteiger partial charge in [0.1, 0.15) is 11.3 Å². The molecule has 0 aliphatic carbocycles. The number of rotatable bonds is 3. The smallest absolute Gasteiger partial charge is 0.186 e. The van der Waals surface area contributed by atoms with Gasteiger partial charge in [-0.3, -0.25) is 0 Å². The number of aromatic amines is 1. The maximum Gasteiger partial charge on any atom is 0.186 e. The monoisotopic (exact) mass is 259 g/mol. The topological polar surface area (TPSA) is 40.7 Å². The van der Waals surface area contributed by atoms with Crippen molar-refractivity contribution in [3.63, 3.8) is 0 Å². The molecular formula is C14H11F2N3. The van der Waals surface area contributed by atoms with Crippen LogP contribution in [0, 0.1) is 11.6 Å². The van der Waals surface area contributed by atoms with Crippen molar-refractivity contribution in [3.8, 4) is 0 Å². The van der Waals surface area contributed by atoms with Crippen molar-refractivity contribution in [2.24, 2.45) is 0 Å². The van der Waals surface area contributed by atoms with E-state index in [4.69, 9.17) is 0 Å². The fourth-order valence-electron chi connectivity index (χ4n) is 1.89. The van der Waals surface area contributed by atoms with Gasteiger partial charge in [-0.25, -0.2) is 13.8 Å². The van der Waals surface area contributed by atoms with Gasteiger partial charge in [0.25, 0.3) is 0 Å². The molecule has 96 valence electrons. The van der Waals surface area contributed by atoms with Crippen molar-refractivity contribution >= 4 is 16.7 Å². The largest absolute Gasteiger partial charge is 0.378 e. The average molecular weight is 259 g/mol. The van der Waals surface area contributed by atoms with Crippen LogP contribution in [-0.4, -0.2) is 9.97 Å². The molecule has 19 heavy (non-hydrogen) atoms. The van der Waals surface area contributed by atoms with Crippen LogP contribution in [0.3, 0.4) is 0 Å². The van der Waals surface area contributed by atoms with E-state index >= 15 is 0 Å². The number of nitrogens with one attached hydrogen (secondary N) is 2. The molecule has 0 atom stereocenters. The van der Waals surface area contributed by atoms with E-state index < -0.39 is 11.6 Å². The van der Waals surface area contributed by atoms with Gasteiger partial charge in [-0.15, -0.1) is 0 Å². The van der Waals surface area contributed by atoms with E-state index in [0.29, 0.717) is 17.9 Å². The lowest BCUT2D eigenvalue weighted by molar-refractivity contribution is 0.515. The first kappa shape index (κ1) is 11.6. The van der Waals surface area contributed by atoms with Gasteiger partial charge in [-0.1, -0.05) is 18.2 Å². The Bertz CT molecular complexity index is 707. The molecule has 0 saturated heterocycles. The number of fused-ring (bicyclic) bond motifs is 1. The molecule has 0 spiro atoms. The second-order valence-electron chi connectivity index (χ2n) is 4.16. The van der Waals surface area contributed by atoms with Gasteiger partial charge in [0.05, 0.1) is 12.1 Å². The van der Waals surface area contributed by atoms with Crippen LogP contribution in [0.4, 0.5) is 14.5 Å². The fraction of sp³-hybridized carbons (Fsp3) is 0.0714. The van der Waals surface area contributed by atoms with Crippen molar-refractivity contribution in [1.29, 1.82) is 0 Å². The van der Waals surface area contributed by atoms with E-state index in [-0.39, 0.29) is 5.52 Å². The lowest BCUT2D eigenvalue weighted by Gasteiger charge is -2.02. The summed E-state index contributed by atoms with van der Waals surface area (Å²) in [7, 11) is 0. The molecule has 2 N–H and O–H groups in total. The molecule has 0 unspecified atom stereocenters. The molecule has 0 fully saturated rings. The molecule has 0 aliphatic heterocycles. The van der Waals surface area contributed by atoms with E-state index in [2.05, 4.69) is 15.3 Å². The number of aromatic nitrogens is 2. The maximum atomic E-state index is 13.5. The van der Waals surface area contributed by atoms with E-state index in [0.717, 1.165) is 11.8 Å². The highest BCUT2D eigenvalue weighted by Crippen LogP contribution is 2.18. The molecule has 3 aromatic rings. The van der Waals surface area contributed by atoms with Gasteiger partial charge in [0.15, 0.2) is 11.6 Å². The van der Waals surface area contributed by atoms with Crippen LogP contribution in [-0.2, 0) is 6.54 Å². The average Bonchev–Trinajstić information content (AvgIpc) is 2.86. The summed E-state index contributed by atoms with van der Waals surface area (Å²) < 4.78 is 26.6. The van der Waals surface area contributed by atoms with Gasteiger partial charge in [-0.2, -0.15) is 0 Å². The summed E-state index contributed by atoms with van der Waals surface area (Å²) >= 11 is 0. The number of benzene rings is 2. The first-order valence-electron chi connectivity index (χ1n) is 5.85. The zero-order valence-electron chi connectivity index (χ0n) is 9.95. The van der Waals surface area contributed by atoms with Crippen molar-refractivity contribution in [1.82, 2.24) is 9.97 Å². The van der Waals surface area contributed by atoms with E-state index in [1.165, 1.54) is 6.07 Å². The maximum absolute atomic E-state index is 13.5. The highest BCUT2D eigenvalue weighted by Gasteiger charge is 2.11. The molecule has 0 bridgehead atoms. The summed E-state index contributed by atoms with van der Waals surface area (Å²) in [6, 6.07) is 12.2. The lowest BCUT2D eigenvalue weighted by Crippen LogP contribution is -2.00. The summed E-state index contributed by atoms with van der Waals surface area (Å²) in [5, 5.41) is 3.15. The Balaban J connectivity index is 1.84. The summed E-state index contributed by atoms with van der Waals surface area (Å²) in [5.41, 5.74) is 1.46. The summed E-state index contributed by atoms with van der Waals surface area (Å²) in [6.07, 6.45) is 0. The Morgan fingerprint density at radius 3 is 2.63 bits per heavy atom. The minimum atomic E-state index is -0.917. The van der Waals surface area contributed by atoms with E-state index in [9.17, 15) is 8.78 Å². The second kappa shape index (κ2) is 4.68. The van der Waals surface area contributed by atoms with Crippen molar-refractivity contribution < 1.29 is 8.78 Å². The van der Waals surface area contributed by atoms with Crippen molar-refractivity contribution in [3.05, 3.63) is 59.9 Å². The third-order valence-electron chi connectivity index (χ3n) is 2.83. The van der Waals surface area contributed by atoms with Crippen LogP contribution < -0.4 is 5.32 Å². The Morgan fingerprint density at radius 2 is 1.84 bits per heavy atom. The molecule has 0 aliphatic rings. The SMILES string of the molecule is Fc1ccc2[nH]c(CNc3ccccc3)nc2c1F. The summed E-state index contributed by atoms with van der Waals surface area (Å²) in [6.45, 7) is 0.416. The van der Waals surface area contributed by atoms with Crippen LogP contribution in [0.5, 0.6) is 0 Å². The minimum absolute atomic E-state index is 0.0323. The van der Waals surface area contributed by atoms with Crippen LogP contribution in [0.25, 0.3) is 11.0 Å². The Labute approximate surface area is 108 Å². The number of imidazole rings is 1. The molecule has 1 aromatic heterocycles. The van der Waals surface area contributed by atoms with Gasteiger partial charge in [0, 0.05) is 5.69 Å². The van der Waals surface area contributed by atoms with Crippen LogP contribution >= 0.6 is 0 Å². The minimum Gasteiger partial charge on any atom is -0.378 e. The molecule has 3 rings (SSSR count). The van der Waals surface area contributed by atoms with Crippen LogP contribution in [0.1, 0.15) is 5.82 Å². The molecule has 0 saturated carbocycles. The van der Waals surface area contributed by atoms with Crippen LogP contribution in [0.15, 0.2) is 42.5 Å². The molecule has 2 aromatic carbocycles. The number of H-pyrrole nitrogens is 1. The second-order valence-corrected chi connectivity index (χ2v) is 4.16. The number of anilines is 1. The summed E-state index contributed by atoms with van der Waals surface area (Å²) in [5.74, 6) is -1.25. The molecule has 0 radical (unpaired) electrons. The predicted octanol–water partition coefficient (Wildman–Crippen LogP) is 3.45. The van der Waals surface area contributed by atoms with E-state index in [1.54, 1.807) is 0 Å². The third kappa shape index (κ3) is 2.27. The first-order valence-corrected chi connectivity index (χ1v) is 5.85. The highest BCUT2D eigenvalue weighted by molar-refractivity contribution is 5.75. The Morgan fingerprint density at radius 1 is 1.05 bits per heavy atom. The fourth-order valence-corrected chi connectivity index (χ4v) is 1.89. The van der Waals surface area contributed by atoms with Crippen molar-refractivity contribution in [2.45, 2.75) is 6.54 Å². The lowest BCUT2D eigenvalue weighted by atomic mass is 10.3. The number of halogens is 2. The zero-order chi connectivity index (χ0) is 13.2. The number of nitrogens with zero attached hydrogens (tertiary/aromatic N) is 1.